The van der Waals surface area contributed by atoms with Crippen molar-refractivity contribution in [3.05, 3.63) is 0 Å². The monoisotopic (exact) mass is 404 g/mol. The molecule has 0 aliphatic carbocycles. The molecule has 7 nitrogen and oxygen atoms in total. The van der Waals surface area contributed by atoms with E-state index < -0.39 is 9.84 Å². The molecule has 8 heteroatoms. The van der Waals surface area contributed by atoms with Crippen LogP contribution in [0.4, 0.5) is 0 Å². The van der Waals surface area contributed by atoms with E-state index in [2.05, 4.69) is 43.2 Å². The highest BCUT2D eigenvalue weighted by atomic mass is 32.2. The van der Waals surface area contributed by atoms with Crippen LogP contribution < -0.4 is 10.6 Å². The number of hydrogen-bond acceptors (Lipinski definition) is 5. The summed E-state index contributed by atoms with van der Waals surface area (Å²) in [7, 11) is -2.95. The lowest BCUT2D eigenvalue weighted by Crippen LogP contribution is -2.52. The molecule has 1 saturated heterocycles. The number of sulfone groups is 1. The van der Waals surface area contributed by atoms with E-state index in [1.165, 1.54) is 6.26 Å². The van der Waals surface area contributed by atoms with Crippen LogP contribution in [0, 0.1) is 11.3 Å². The lowest BCUT2D eigenvalue weighted by molar-refractivity contribution is 0.00752. The maximum atomic E-state index is 11.4. The van der Waals surface area contributed by atoms with E-state index in [1.54, 1.807) is 0 Å². The zero-order chi connectivity index (χ0) is 20.5. The Hall–Kier alpha value is -0.860. The quantitative estimate of drug-likeness (QED) is 0.423. The lowest BCUT2D eigenvalue weighted by Gasteiger charge is -2.37. The molecule has 0 aromatic carbocycles. The van der Waals surface area contributed by atoms with Crippen molar-refractivity contribution in [2.45, 2.75) is 47.1 Å². The van der Waals surface area contributed by atoms with Crippen LogP contribution in [0.5, 0.6) is 0 Å². The molecule has 0 radical (unpaired) electrons. The van der Waals surface area contributed by atoms with Crippen LogP contribution in [0.25, 0.3) is 0 Å². The number of hydrogen-bond donors (Lipinski definition) is 2. The van der Waals surface area contributed by atoms with Crippen LogP contribution in [0.2, 0.25) is 0 Å². The van der Waals surface area contributed by atoms with Gasteiger partial charge in [0.25, 0.3) is 0 Å². The average molecular weight is 405 g/mol. The Balaban J connectivity index is 2.65. The van der Waals surface area contributed by atoms with Gasteiger partial charge in [-0.15, -0.1) is 0 Å². The standard InChI is InChI=1S/C19H40N4O3S/c1-7-20-18(22-15-19(4,5)8-13-27(6,24)25)21-14-17(16(2)3)23-9-11-26-12-10-23/h16-17H,7-15H2,1-6H3,(H2,20,21,22). The van der Waals surface area contributed by atoms with Gasteiger partial charge in [-0.2, -0.15) is 0 Å². The first-order chi connectivity index (χ1) is 12.5. The molecule has 1 unspecified atom stereocenters. The normalized spacial score (nSPS) is 18.6. The van der Waals surface area contributed by atoms with Gasteiger partial charge in [0.15, 0.2) is 5.96 Å². The summed E-state index contributed by atoms with van der Waals surface area (Å²) in [6.07, 6.45) is 1.90. The third kappa shape index (κ3) is 10.3. The number of nitrogens with one attached hydrogen (secondary N) is 2. The highest BCUT2D eigenvalue weighted by Gasteiger charge is 2.24. The van der Waals surface area contributed by atoms with Gasteiger partial charge in [-0.3, -0.25) is 9.89 Å². The van der Waals surface area contributed by atoms with Crippen LogP contribution in [0.1, 0.15) is 41.0 Å². The Morgan fingerprint density at radius 3 is 2.37 bits per heavy atom. The van der Waals surface area contributed by atoms with Crippen LogP contribution in [-0.4, -0.2) is 83.3 Å². The second-order valence-corrected chi connectivity index (χ2v) is 10.8. The van der Waals surface area contributed by atoms with Crippen molar-refractivity contribution in [1.29, 1.82) is 0 Å². The van der Waals surface area contributed by atoms with Crippen molar-refractivity contribution in [3.63, 3.8) is 0 Å². The maximum absolute atomic E-state index is 11.4. The first kappa shape index (κ1) is 24.2. The predicted octanol–water partition coefficient (Wildman–Crippen LogP) is 1.36. The molecule has 1 atom stereocenters. The fourth-order valence-corrected chi connectivity index (χ4v) is 4.00. The number of guanidine groups is 1. The Labute approximate surface area is 166 Å². The second kappa shape index (κ2) is 11.2. The molecule has 27 heavy (non-hydrogen) atoms. The molecular weight excluding hydrogens is 364 g/mol. The summed E-state index contributed by atoms with van der Waals surface area (Å²) in [4.78, 5) is 7.21. The summed E-state index contributed by atoms with van der Waals surface area (Å²) in [5, 5.41) is 6.78. The third-order valence-corrected chi connectivity index (χ3v) is 5.87. The van der Waals surface area contributed by atoms with Gasteiger partial charge in [-0.25, -0.2) is 8.42 Å². The van der Waals surface area contributed by atoms with Crippen molar-refractivity contribution < 1.29 is 13.2 Å². The second-order valence-electron chi connectivity index (χ2n) is 8.58. The Kier molecular flexibility index (Phi) is 10.0. The minimum absolute atomic E-state index is 0.160. The molecule has 2 N–H and O–H groups in total. The number of ether oxygens (including phenoxy) is 1. The largest absolute Gasteiger partial charge is 0.379 e. The number of aliphatic imine (C=N–C) groups is 1. The minimum Gasteiger partial charge on any atom is -0.379 e. The van der Waals surface area contributed by atoms with Crippen molar-refractivity contribution in [3.8, 4) is 0 Å². The molecule has 1 aliphatic rings. The molecular formula is C19H40N4O3S. The van der Waals surface area contributed by atoms with Crippen molar-refractivity contribution in [1.82, 2.24) is 15.5 Å². The predicted molar refractivity (Wildman–Crippen MR) is 113 cm³/mol. The summed E-state index contributed by atoms with van der Waals surface area (Å²) in [5.74, 6) is 1.53. The Morgan fingerprint density at radius 2 is 1.85 bits per heavy atom. The molecule has 1 fully saturated rings. The maximum Gasteiger partial charge on any atom is 0.191 e. The van der Waals surface area contributed by atoms with Gasteiger partial charge in [0, 0.05) is 45.0 Å². The van der Waals surface area contributed by atoms with Gasteiger partial charge in [-0.1, -0.05) is 27.7 Å². The lowest BCUT2D eigenvalue weighted by atomic mass is 9.90. The summed E-state index contributed by atoms with van der Waals surface area (Å²) < 4.78 is 28.3. The highest BCUT2D eigenvalue weighted by molar-refractivity contribution is 7.90. The third-order valence-electron chi connectivity index (χ3n) is 4.92. The van der Waals surface area contributed by atoms with Crippen LogP contribution in [-0.2, 0) is 14.6 Å². The summed E-state index contributed by atoms with van der Waals surface area (Å²) in [6.45, 7) is 16.4. The number of nitrogens with zero attached hydrogens (tertiary/aromatic N) is 2. The highest BCUT2D eigenvalue weighted by Crippen LogP contribution is 2.21. The first-order valence-corrected chi connectivity index (χ1v) is 12.1. The molecule has 0 aromatic heterocycles. The zero-order valence-corrected chi connectivity index (χ0v) is 18.9. The minimum atomic E-state index is -2.95. The van der Waals surface area contributed by atoms with Gasteiger partial charge in [0.05, 0.1) is 19.0 Å². The van der Waals surface area contributed by atoms with Gasteiger partial charge in [0.2, 0.25) is 0 Å². The van der Waals surface area contributed by atoms with E-state index in [4.69, 9.17) is 9.73 Å². The van der Waals surface area contributed by atoms with Crippen molar-refractivity contribution in [2.75, 3.05) is 57.9 Å². The molecule has 1 heterocycles. The van der Waals surface area contributed by atoms with Crippen molar-refractivity contribution in [2.24, 2.45) is 16.3 Å². The van der Waals surface area contributed by atoms with E-state index >= 15 is 0 Å². The van der Waals surface area contributed by atoms with Crippen LogP contribution in [0.15, 0.2) is 4.99 Å². The fraction of sp³-hybridized carbons (Fsp3) is 0.947. The first-order valence-electron chi connectivity index (χ1n) is 10.1. The van der Waals surface area contributed by atoms with Crippen LogP contribution in [0.3, 0.4) is 0 Å². The molecule has 0 spiro atoms. The van der Waals surface area contributed by atoms with Crippen molar-refractivity contribution >= 4 is 15.8 Å². The van der Waals surface area contributed by atoms with E-state index in [0.717, 1.165) is 45.4 Å². The zero-order valence-electron chi connectivity index (χ0n) is 18.0. The fourth-order valence-electron chi connectivity index (χ4n) is 3.07. The molecule has 0 bridgehead atoms. The molecule has 1 aliphatic heterocycles. The summed E-state index contributed by atoms with van der Waals surface area (Å²) in [6, 6.07) is 0.427. The molecule has 1 rings (SSSR count). The topological polar surface area (TPSA) is 83.0 Å². The average Bonchev–Trinajstić information content (AvgIpc) is 2.58. The summed E-state index contributed by atoms with van der Waals surface area (Å²) in [5.41, 5.74) is -0.160. The number of morpholine rings is 1. The van der Waals surface area contributed by atoms with Gasteiger partial charge < -0.3 is 15.4 Å². The molecule has 0 saturated carbocycles. The van der Waals surface area contributed by atoms with Gasteiger partial charge in [0.1, 0.15) is 9.84 Å². The Bertz CT molecular complexity index is 555. The SMILES string of the molecule is CCNC(=NCC(C)(C)CCS(C)(=O)=O)NCC(C(C)C)N1CCOCC1. The van der Waals surface area contributed by atoms with Gasteiger partial charge >= 0.3 is 0 Å². The Morgan fingerprint density at radius 1 is 1.22 bits per heavy atom. The summed E-state index contributed by atoms with van der Waals surface area (Å²) >= 11 is 0. The van der Waals surface area contributed by atoms with E-state index in [1.807, 2.05) is 6.92 Å². The number of rotatable bonds is 10. The molecule has 160 valence electrons. The van der Waals surface area contributed by atoms with E-state index in [9.17, 15) is 8.42 Å². The van der Waals surface area contributed by atoms with Crippen LogP contribution >= 0.6 is 0 Å². The van der Waals surface area contributed by atoms with E-state index in [-0.39, 0.29) is 11.2 Å². The molecule has 0 aromatic rings. The molecule has 0 amide bonds. The smallest absolute Gasteiger partial charge is 0.191 e. The van der Waals surface area contributed by atoms with Gasteiger partial charge in [-0.05, 0) is 24.7 Å². The van der Waals surface area contributed by atoms with E-state index in [0.29, 0.717) is 24.9 Å².